The number of amides is 1. The maximum Gasteiger partial charge on any atom is 0.410 e. The Morgan fingerprint density at radius 2 is 1.67 bits per heavy atom. The van der Waals surface area contributed by atoms with Gasteiger partial charge in [-0.2, -0.15) is 0 Å². The van der Waals surface area contributed by atoms with Crippen LogP contribution in [-0.4, -0.2) is 105 Å². The quantitative estimate of drug-likeness (QED) is 0.373. The molecule has 45 heavy (non-hydrogen) atoms. The molecule has 1 N–H and O–H groups in total. The molecule has 2 saturated heterocycles. The van der Waals surface area contributed by atoms with E-state index in [0.717, 1.165) is 74.7 Å². The van der Waals surface area contributed by atoms with Gasteiger partial charge in [0, 0.05) is 93.0 Å². The van der Waals surface area contributed by atoms with Gasteiger partial charge in [-0.05, 0) is 78.4 Å². The highest BCUT2D eigenvalue weighted by atomic mass is 19.1. The van der Waals surface area contributed by atoms with E-state index in [0.29, 0.717) is 25.6 Å². The summed E-state index contributed by atoms with van der Waals surface area (Å²) in [5.74, 6) is 1.39. The number of ether oxygens (including phenoxy) is 1. The molecule has 0 spiro atoms. The van der Waals surface area contributed by atoms with Crippen LogP contribution in [0.4, 0.5) is 15.1 Å². The Balaban J connectivity index is 1.09. The number of fused-ring (bicyclic) bond motifs is 3. The maximum atomic E-state index is 15.1. The number of hydrogen-bond donors (Lipinski definition) is 1. The Bertz CT molecular complexity index is 1460. The first kappa shape index (κ1) is 31.7. The minimum absolute atomic E-state index is 0.137. The lowest BCUT2D eigenvalue weighted by molar-refractivity contribution is 0.0130. The van der Waals surface area contributed by atoms with Gasteiger partial charge in [-0.1, -0.05) is 18.2 Å². The first-order valence-corrected chi connectivity index (χ1v) is 16.7. The molecule has 244 valence electrons. The first-order valence-electron chi connectivity index (χ1n) is 16.7. The smallest absolute Gasteiger partial charge is 0.410 e. The van der Waals surface area contributed by atoms with Crippen LogP contribution in [0.5, 0.6) is 0 Å². The number of aromatic nitrogens is 3. The van der Waals surface area contributed by atoms with Crippen molar-refractivity contribution in [1.29, 1.82) is 0 Å². The predicted octanol–water partition coefficient (Wildman–Crippen LogP) is 5.81. The molecule has 2 fully saturated rings. The third kappa shape index (κ3) is 7.27. The molecule has 0 aliphatic carbocycles. The third-order valence-electron chi connectivity index (χ3n) is 9.49. The van der Waals surface area contributed by atoms with Gasteiger partial charge < -0.3 is 19.5 Å². The minimum atomic E-state index is -1.33. The molecular formula is C35H50FN7O2. The third-order valence-corrected chi connectivity index (χ3v) is 9.49. The van der Waals surface area contributed by atoms with Gasteiger partial charge in [0.25, 0.3) is 0 Å². The monoisotopic (exact) mass is 619 g/mol. The van der Waals surface area contributed by atoms with Crippen molar-refractivity contribution in [2.24, 2.45) is 5.92 Å². The molecule has 2 atom stereocenters. The van der Waals surface area contributed by atoms with Crippen LogP contribution in [0.25, 0.3) is 10.9 Å². The van der Waals surface area contributed by atoms with Gasteiger partial charge in [0.15, 0.2) is 0 Å². The Morgan fingerprint density at radius 1 is 1.00 bits per heavy atom. The number of piperazine rings is 1. The SMILES string of the molecule is C[C@@H]1Cc2c([nH]c3ccccc23)C(c2cnc(N3CCC(CN4CCN(C(=O)OC(C)(C)C)CC4)CC3)nc2)N1CC(C)(C)F. The highest BCUT2D eigenvalue weighted by Gasteiger charge is 2.39. The summed E-state index contributed by atoms with van der Waals surface area (Å²) in [6, 6.07) is 8.47. The lowest BCUT2D eigenvalue weighted by atomic mass is 9.88. The van der Waals surface area contributed by atoms with Crippen molar-refractivity contribution in [3.63, 3.8) is 0 Å². The van der Waals surface area contributed by atoms with Gasteiger partial charge in [-0.25, -0.2) is 19.2 Å². The molecular weight excluding hydrogens is 569 g/mol. The fourth-order valence-electron chi connectivity index (χ4n) is 7.30. The van der Waals surface area contributed by atoms with Gasteiger partial charge in [0.2, 0.25) is 5.95 Å². The van der Waals surface area contributed by atoms with Crippen molar-refractivity contribution in [3.8, 4) is 0 Å². The number of H-pyrrole nitrogens is 1. The van der Waals surface area contributed by atoms with Crippen LogP contribution in [0.3, 0.4) is 0 Å². The van der Waals surface area contributed by atoms with Crippen LogP contribution >= 0.6 is 0 Å². The summed E-state index contributed by atoms with van der Waals surface area (Å²) >= 11 is 0. The molecule has 1 aromatic carbocycles. The van der Waals surface area contributed by atoms with E-state index < -0.39 is 11.3 Å². The van der Waals surface area contributed by atoms with Crippen LogP contribution in [0, 0.1) is 5.92 Å². The summed E-state index contributed by atoms with van der Waals surface area (Å²) in [5, 5.41) is 1.24. The number of piperidine rings is 1. The molecule has 3 aromatic rings. The van der Waals surface area contributed by atoms with Gasteiger partial charge in [0.1, 0.15) is 11.3 Å². The van der Waals surface area contributed by atoms with Gasteiger partial charge in [0.05, 0.1) is 6.04 Å². The average Bonchev–Trinajstić information content (AvgIpc) is 3.35. The summed E-state index contributed by atoms with van der Waals surface area (Å²) < 4.78 is 20.6. The van der Waals surface area contributed by atoms with Crippen molar-refractivity contribution in [2.45, 2.75) is 84.2 Å². The zero-order valence-corrected chi connectivity index (χ0v) is 27.9. The summed E-state index contributed by atoms with van der Waals surface area (Å²) in [4.78, 5) is 34.7. The van der Waals surface area contributed by atoms with E-state index in [9.17, 15) is 4.79 Å². The number of rotatable bonds is 6. The van der Waals surface area contributed by atoms with Gasteiger partial charge >= 0.3 is 6.09 Å². The Hall–Kier alpha value is -3.24. The number of hydrogen-bond acceptors (Lipinski definition) is 7. The average molecular weight is 620 g/mol. The highest BCUT2D eigenvalue weighted by molar-refractivity contribution is 5.85. The van der Waals surface area contributed by atoms with E-state index in [1.165, 1.54) is 10.9 Å². The molecule has 9 nitrogen and oxygen atoms in total. The van der Waals surface area contributed by atoms with Crippen molar-refractivity contribution < 1.29 is 13.9 Å². The normalized spacial score (nSPS) is 22.6. The number of carbonyl (C=O) groups is 1. The molecule has 1 amide bonds. The molecule has 10 heteroatoms. The molecule has 0 saturated carbocycles. The Kier molecular flexibility index (Phi) is 8.82. The number of nitrogens with zero attached hydrogens (tertiary/aromatic N) is 6. The number of aromatic amines is 1. The number of anilines is 1. The molecule has 2 aromatic heterocycles. The fraction of sp³-hybridized carbons (Fsp3) is 0.629. The Morgan fingerprint density at radius 3 is 2.31 bits per heavy atom. The topological polar surface area (TPSA) is 80.8 Å². The van der Waals surface area contributed by atoms with Crippen molar-refractivity contribution >= 4 is 22.9 Å². The molecule has 0 bridgehead atoms. The number of halogens is 1. The second kappa shape index (κ2) is 12.5. The summed E-state index contributed by atoms with van der Waals surface area (Å²) in [6.45, 7) is 17.7. The number of alkyl halides is 1. The van der Waals surface area contributed by atoms with E-state index in [1.807, 2.05) is 38.1 Å². The molecule has 3 aliphatic rings. The first-order chi connectivity index (χ1) is 21.3. The van der Waals surface area contributed by atoms with Gasteiger partial charge in [-0.3, -0.25) is 9.80 Å². The predicted molar refractivity (Wildman–Crippen MR) is 176 cm³/mol. The highest BCUT2D eigenvalue weighted by Crippen LogP contribution is 2.41. The van der Waals surface area contributed by atoms with Crippen LogP contribution in [-0.2, 0) is 11.2 Å². The van der Waals surface area contributed by atoms with E-state index in [1.54, 1.807) is 13.8 Å². The summed E-state index contributed by atoms with van der Waals surface area (Å²) in [7, 11) is 0. The fourth-order valence-corrected chi connectivity index (χ4v) is 7.30. The lowest BCUT2D eigenvalue weighted by Crippen LogP contribution is -2.51. The molecule has 6 rings (SSSR count). The van der Waals surface area contributed by atoms with Gasteiger partial charge in [-0.15, -0.1) is 0 Å². The zero-order chi connectivity index (χ0) is 31.9. The van der Waals surface area contributed by atoms with Crippen LogP contribution in [0.1, 0.15) is 77.2 Å². The zero-order valence-electron chi connectivity index (χ0n) is 27.9. The van der Waals surface area contributed by atoms with E-state index in [-0.39, 0.29) is 18.2 Å². The van der Waals surface area contributed by atoms with Crippen LogP contribution in [0.15, 0.2) is 36.7 Å². The van der Waals surface area contributed by atoms with Crippen molar-refractivity contribution in [1.82, 2.24) is 29.7 Å². The summed E-state index contributed by atoms with van der Waals surface area (Å²) in [6.07, 6.45) is 6.76. The van der Waals surface area contributed by atoms with Crippen LogP contribution in [0.2, 0.25) is 0 Å². The number of carbonyl (C=O) groups excluding carboxylic acids is 1. The summed E-state index contributed by atoms with van der Waals surface area (Å²) in [5.41, 5.74) is 2.76. The molecule has 5 heterocycles. The van der Waals surface area contributed by atoms with E-state index >= 15 is 4.39 Å². The second-order valence-electron chi connectivity index (χ2n) is 14.9. The van der Waals surface area contributed by atoms with Crippen LogP contribution < -0.4 is 4.90 Å². The van der Waals surface area contributed by atoms with E-state index in [4.69, 9.17) is 14.7 Å². The largest absolute Gasteiger partial charge is 0.444 e. The van der Waals surface area contributed by atoms with Crippen molar-refractivity contribution in [3.05, 3.63) is 53.5 Å². The molecule has 3 aliphatic heterocycles. The number of para-hydroxylation sites is 1. The standard InChI is InChI=1S/C35H50FN7O2/c1-24-19-28-27-9-7-8-10-29(27)39-30(28)31(43(24)23-35(5,6)36)26-20-37-32(38-21-26)41-13-11-25(12-14-41)22-40-15-17-42(18-16-40)33(44)45-34(2,3)4/h7-10,20-21,24-25,31,39H,11-19,22-23H2,1-6H3/t24-,31?/m1/s1. The van der Waals surface area contributed by atoms with E-state index in [2.05, 4.69) is 50.9 Å². The Labute approximate surface area is 267 Å². The minimum Gasteiger partial charge on any atom is -0.444 e. The number of benzene rings is 1. The number of nitrogens with one attached hydrogen (secondary N) is 1. The molecule has 1 unspecified atom stereocenters. The van der Waals surface area contributed by atoms with Crippen molar-refractivity contribution in [2.75, 3.05) is 57.3 Å². The molecule has 0 radical (unpaired) electrons. The lowest BCUT2D eigenvalue weighted by Gasteiger charge is -2.42. The maximum absolute atomic E-state index is 15.1. The second-order valence-corrected chi connectivity index (χ2v) is 14.9.